The number of amides is 9. The Balaban J connectivity index is 1.95. The monoisotopic (exact) mass is 1040 g/mol. The van der Waals surface area contributed by atoms with Gasteiger partial charge in [-0.1, -0.05) is 116 Å². The first-order valence-electron chi connectivity index (χ1n) is 26.7. The number of carbonyl (C=O) groups is 9. The summed E-state index contributed by atoms with van der Waals surface area (Å²) in [7, 11) is 4.22. The Morgan fingerprint density at radius 3 is 1.41 bits per heavy atom. The Labute approximate surface area is 444 Å². The van der Waals surface area contributed by atoms with E-state index in [1.165, 1.54) is 42.8 Å². The van der Waals surface area contributed by atoms with Gasteiger partial charge in [0.25, 0.3) is 11.8 Å². The van der Waals surface area contributed by atoms with Crippen LogP contribution in [0.5, 0.6) is 0 Å². The van der Waals surface area contributed by atoms with E-state index in [1.807, 2.05) is 41.5 Å². The van der Waals surface area contributed by atoms with Crippen LogP contribution in [0.1, 0.15) is 112 Å². The van der Waals surface area contributed by atoms with Gasteiger partial charge in [-0.15, -0.1) is 0 Å². The fourth-order valence-corrected chi connectivity index (χ4v) is 9.62. The number of piperidine rings is 1. The van der Waals surface area contributed by atoms with E-state index >= 15 is 0 Å². The van der Waals surface area contributed by atoms with Crippen LogP contribution in [0.4, 0.5) is 0 Å². The second-order valence-corrected chi connectivity index (χ2v) is 22.1. The smallest absolute Gasteiger partial charge is 0.254 e. The van der Waals surface area contributed by atoms with Gasteiger partial charge in [0.1, 0.15) is 42.3 Å². The number of hydrogen-bond donors (Lipinski definition) is 6. The summed E-state index contributed by atoms with van der Waals surface area (Å²) in [4.78, 5) is 138. The molecule has 0 radical (unpaired) electrons. The van der Waals surface area contributed by atoms with Gasteiger partial charge in [0.2, 0.25) is 41.4 Å². The van der Waals surface area contributed by atoms with Crippen molar-refractivity contribution in [2.75, 3.05) is 34.2 Å². The molecule has 0 aliphatic carbocycles. The molecule has 0 saturated carbocycles. The van der Waals surface area contributed by atoms with Crippen molar-refractivity contribution in [1.29, 1.82) is 0 Å². The zero-order chi connectivity index (χ0) is 55.8. The molecular weight excluding hydrogens is 959 g/mol. The second kappa shape index (κ2) is 28.5. The number of nitrogens with zero attached hydrogens (tertiary/aromatic N) is 4. The Kier molecular flexibility index (Phi) is 23.3. The molecule has 2 heterocycles. The SMILES string of the molecule is CC(C)C[C@@H]1NC(=O)[C@H](Cc2ccccc2)N(C)C(=O)C(C(C)C)NC(=O)C(C(=O)N2CCCCC2)NC(=O)[C@H](Cc2ccccc2)NC(=O)[C@H](CC(C)C)N(C)C(=O)[C@H]([C@@H](C)O)NC(=O)[C@H](CC(C)C)N(C)C1=O. The molecule has 19 nitrogen and oxygen atoms in total. The van der Waals surface area contributed by atoms with E-state index in [1.54, 1.807) is 74.5 Å². The highest BCUT2D eigenvalue weighted by Crippen LogP contribution is 2.21. The van der Waals surface area contributed by atoms with Crippen molar-refractivity contribution in [2.45, 2.75) is 168 Å². The Morgan fingerprint density at radius 2 is 0.920 bits per heavy atom. The number of aliphatic hydroxyl groups excluding tert-OH is 1. The number of rotatable bonds is 13. The third-order valence-electron chi connectivity index (χ3n) is 14.0. The molecule has 9 amide bonds. The number of benzene rings is 2. The topological polar surface area (TPSA) is 247 Å². The van der Waals surface area contributed by atoms with Crippen molar-refractivity contribution < 1.29 is 48.3 Å². The molecular formula is C56H85N9O10. The maximum absolute atomic E-state index is 14.9. The van der Waals surface area contributed by atoms with Gasteiger partial charge >= 0.3 is 0 Å². The summed E-state index contributed by atoms with van der Waals surface area (Å²) in [6.07, 6.45) is 0.898. The lowest BCUT2D eigenvalue weighted by molar-refractivity contribution is -0.149. The summed E-state index contributed by atoms with van der Waals surface area (Å²) in [5.41, 5.74) is 1.30. The average molecular weight is 1040 g/mol. The Bertz CT molecular complexity index is 2270. The van der Waals surface area contributed by atoms with Gasteiger partial charge in [0.15, 0.2) is 6.04 Å². The maximum Gasteiger partial charge on any atom is 0.254 e. The lowest BCUT2D eigenvalue weighted by atomic mass is 9.96. The van der Waals surface area contributed by atoms with Crippen LogP contribution in [0.2, 0.25) is 0 Å². The third kappa shape index (κ3) is 17.3. The summed E-state index contributed by atoms with van der Waals surface area (Å²) in [6, 6.07) is 6.57. The Hall–Kier alpha value is -6.37. The number of aliphatic hydroxyl groups is 1. The summed E-state index contributed by atoms with van der Waals surface area (Å²) in [6.45, 7) is 16.5. The molecule has 75 heavy (non-hydrogen) atoms. The van der Waals surface area contributed by atoms with Crippen molar-refractivity contribution in [3.63, 3.8) is 0 Å². The lowest BCUT2D eigenvalue weighted by Gasteiger charge is -2.37. The highest BCUT2D eigenvalue weighted by molar-refractivity contribution is 6.09. The van der Waals surface area contributed by atoms with Gasteiger partial charge in [-0.25, -0.2) is 0 Å². The minimum Gasteiger partial charge on any atom is -0.391 e. The molecule has 414 valence electrons. The van der Waals surface area contributed by atoms with E-state index < -0.39 is 114 Å². The first-order chi connectivity index (χ1) is 35.3. The minimum absolute atomic E-state index is 0.00757. The minimum atomic E-state index is -1.87. The molecule has 19 heteroatoms. The quantitative estimate of drug-likeness (QED) is 0.160. The molecule has 0 spiro atoms. The van der Waals surface area contributed by atoms with Crippen LogP contribution < -0.4 is 26.6 Å². The number of hydrogen-bond acceptors (Lipinski definition) is 10. The standard InChI is InChI=1S/C56H85N9O10/c1-33(2)28-41-53(72)62(10)43(30-35(5)6)51(70)60-46(37(9)66)55(74)63(11)42(29-34(3)4)49(68)57-40(31-38-22-16-13-17-23-38)48(67)61-47(56(75)65-26-20-15-21-27-65)52(71)59-45(36(7)8)54(73)64(12)44(50(69)58-41)32-39-24-18-14-19-25-39/h13-14,16-19,22-25,33-37,40-47,66H,15,20-21,26-32H2,1-12H3,(H,57,68)(H,58,69)(H,59,71)(H,60,70)(H,61,67)/t37-,40+,41+,42+,43+,44+,45?,46+,47?/m1/s1. The largest absolute Gasteiger partial charge is 0.391 e. The van der Waals surface area contributed by atoms with Gasteiger partial charge in [0, 0.05) is 47.1 Å². The van der Waals surface area contributed by atoms with E-state index in [2.05, 4.69) is 26.6 Å². The highest BCUT2D eigenvalue weighted by Gasteiger charge is 2.43. The summed E-state index contributed by atoms with van der Waals surface area (Å²) >= 11 is 0. The average Bonchev–Trinajstić information content (AvgIpc) is 3.36. The normalized spacial score (nSPS) is 25.5. The van der Waals surface area contributed by atoms with Gasteiger partial charge in [0.05, 0.1) is 6.10 Å². The van der Waals surface area contributed by atoms with Crippen molar-refractivity contribution in [3.8, 4) is 0 Å². The molecule has 9 atom stereocenters. The first-order valence-corrected chi connectivity index (χ1v) is 26.7. The molecule has 0 bridgehead atoms. The molecule has 2 fully saturated rings. The van der Waals surface area contributed by atoms with E-state index in [0.29, 0.717) is 37.1 Å². The van der Waals surface area contributed by atoms with Gasteiger partial charge in [-0.05, 0) is 80.2 Å². The van der Waals surface area contributed by atoms with E-state index in [-0.39, 0.29) is 49.9 Å². The van der Waals surface area contributed by atoms with Crippen LogP contribution in [-0.4, -0.2) is 167 Å². The van der Waals surface area contributed by atoms with E-state index in [4.69, 9.17) is 0 Å². The van der Waals surface area contributed by atoms with Crippen LogP contribution in [0, 0.1) is 23.7 Å². The zero-order valence-electron chi connectivity index (χ0n) is 46.3. The predicted octanol–water partition coefficient (Wildman–Crippen LogP) is 2.58. The van der Waals surface area contributed by atoms with Crippen LogP contribution in [0.15, 0.2) is 60.7 Å². The summed E-state index contributed by atoms with van der Waals surface area (Å²) < 4.78 is 0. The number of likely N-dealkylation sites (N-methyl/N-ethyl adjacent to an activating group) is 3. The summed E-state index contributed by atoms with van der Waals surface area (Å²) in [5.74, 6) is -8.06. The predicted molar refractivity (Wildman–Crippen MR) is 285 cm³/mol. The van der Waals surface area contributed by atoms with Crippen molar-refractivity contribution >= 4 is 53.2 Å². The van der Waals surface area contributed by atoms with Crippen LogP contribution >= 0.6 is 0 Å². The molecule has 2 aromatic carbocycles. The van der Waals surface area contributed by atoms with Gasteiger partial charge < -0.3 is 51.3 Å². The lowest BCUT2D eigenvalue weighted by Crippen LogP contribution is -2.65. The van der Waals surface area contributed by atoms with E-state index in [9.17, 15) is 48.3 Å². The zero-order valence-corrected chi connectivity index (χ0v) is 46.3. The van der Waals surface area contributed by atoms with Crippen LogP contribution in [0.25, 0.3) is 0 Å². The van der Waals surface area contributed by atoms with Gasteiger partial charge in [-0.2, -0.15) is 0 Å². The molecule has 2 aliphatic rings. The van der Waals surface area contributed by atoms with Crippen molar-refractivity contribution in [1.82, 2.24) is 46.2 Å². The van der Waals surface area contributed by atoms with Crippen molar-refractivity contribution in [2.24, 2.45) is 23.7 Å². The maximum atomic E-state index is 14.9. The van der Waals surface area contributed by atoms with Crippen LogP contribution in [0.3, 0.4) is 0 Å². The second-order valence-electron chi connectivity index (χ2n) is 22.1. The molecule has 4 rings (SSSR count). The molecule has 0 aromatic heterocycles. The molecule has 6 N–H and O–H groups in total. The Morgan fingerprint density at radius 1 is 0.493 bits per heavy atom. The number of nitrogens with one attached hydrogen (secondary N) is 5. The van der Waals surface area contributed by atoms with E-state index in [0.717, 1.165) is 11.3 Å². The highest BCUT2D eigenvalue weighted by atomic mass is 16.3. The fraction of sp³-hybridized carbons (Fsp3) is 0.625. The number of likely N-dealkylation sites (tertiary alicyclic amines) is 1. The number of carbonyl (C=O) groups excluding carboxylic acids is 9. The fourth-order valence-electron chi connectivity index (χ4n) is 9.62. The summed E-state index contributed by atoms with van der Waals surface area (Å²) in [5, 5.41) is 25.0. The van der Waals surface area contributed by atoms with Crippen molar-refractivity contribution in [3.05, 3.63) is 71.8 Å². The molecule has 2 saturated heterocycles. The first kappa shape index (κ1) is 61.2. The molecule has 2 aliphatic heterocycles. The molecule has 2 unspecified atom stereocenters. The van der Waals surface area contributed by atoms with Gasteiger partial charge in [-0.3, -0.25) is 43.2 Å². The van der Waals surface area contributed by atoms with Crippen LogP contribution in [-0.2, 0) is 56.0 Å². The molecule has 2 aromatic rings. The third-order valence-corrected chi connectivity index (χ3v) is 14.0.